The number of hydrogen-bond acceptors (Lipinski definition) is 3. The van der Waals surface area contributed by atoms with Crippen LogP contribution in [0.2, 0.25) is 0 Å². The summed E-state index contributed by atoms with van der Waals surface area (Å²) in [7, 11) is 0. The van der Waals surface area contributed by atoms with Crippen LogP contribution in [0.15, 0.2) is 48.7 Å². The lowest BCUT2D eigenvalue weighted by Gasteiger charge is -2.18. The topological polar surface area (TPSA) is 45.2 Å². The van der Waals surface area contributed by atoms with Crippen LogP contribution in [0, 0.1) is 5.82 Å². The first-order chi connectivity index (χ1) is 10.2. The van der Waals surface area contributed by atoms with E-state index >= 15 is 0 Å². The molecule has 1 aliphatic rings. The molecule has 0 spiro atoms. The quantitative estimate of drug-likeness (QED) is 0.940. The largest absolute Gasteiger partial charge is 0.352 e. The van der Waals surface area contributed by atoms with Gasteiger partial charge in [-0.3, -0.25) is 4.79 Å². The van der Waals surface area contributed by atoms with Gasteiger partial charge in [-0.25, -0.2) is 9.37 Å². The van der Waals surface area contributed by atoms with Crippen LogP contribution in [0.25, 0.3) is 0 Å². The molecule has 0 aliphatic carbocycles. The highest BCUT2D eigenvalue weighted by atomic mass is 19.1. The average Bonchev–Trinajstić information content (AvgIpc) is 2.97. The monoisotopic (exact) mass is 285 g/mol. The van der Waals surface area contributed by atoms with Gasteiger partial charge in [-0.15, -0.1) is 0 Å². The van der Waals surface area contributed by atoms with E-state index in [1.54, 1.807) is 24.4 Å². The third-order valence-corrected chi connectivity index (χ3v) is 3.60. The molecule has 5 heteroatoms. The predicted octanol–water partition coefficient (Wildman–Crippen LogP) is 2.23. The minimum Gasteiger partial charge on any atom is -0.352 e. The van der Waals surface area contributed by atoms with Gasteiger partial charge in [-0.1, -0.05) is 18.2 Å². The van der Waals surface area contributed by atoms with Crippen molar-refractivity contribution in [1.82, 2.24) is 10.3 Å². The molecule has 21 heavy (non-hydrogen) atoms. The molecule has 108 valence electrons. The number of anilines is 1. The number of amides is 1. The van der Waals surface area contributed by atoms with E-state index in [2.05, 4.69) is 10.3 Å². The van der Waals surface area contributed by atoms with Crippen molar-refractivity contribution in [2.24, 2.45) is 0 Å². The van der Waals surface area contributed by atoms with E-state index in [4.69, 9.17) is 0 Å². The number of rotatable bonds is 3. The molecule has 0 saturated carbocycles. The van der Waals surface area contributed by atoms with E-state index in [0.29, 0.717) is 24.5 Å². The van der Waals surface area contributed by atoms with Gasteiger partial charge in [0.1, 0.15) is 0 Å². The van der Waals surface area contributed by atoms with Gasteiger partial charge >= 0.3 is 0 Å². The number of benzene rings is 1. The number of nitrogens with zero attached hydrogens (tertiary/aromatic N) is 2. The van der Waals surface area contributed by atoms with Crippen molar-refractivity contribution in [3.8, 4) is 0 Å². The van der Waals surface area contributed by atoms with Crippen molar-refractivity contribution in [2.75, 3.05) is 18.0 Å². The molecule has 1 unspecified atom stereocenters. The Labute approximate surface area is 122 Å². The third kappa shape index (κ3) is 3.02. The Morgan fingerprint density at radius 3 is 2.81 bits per heavy atom. The highest BCUT2D eigenvalue weighted by Crippen LogP contribution is 2.20. The van der Waals surface area contributed by atoms with Crippen LogP contribution in [-0.4, -0.2) is 30.0 Å². The highest BCUT2D eigenvalue weighted by molar-refractivity contribution is 5.94. The van der Waals surface area contributed by atoms with Crippen molar-refractivity contribution in [1.29, 1.82) is 0 Å². The van der Waals surface area contributed by atoms with Gasteiger partial charge in [0.05, 0.1) is 0 Å². The molecular weight excluding hydrogens is 269 g/mol. The Hall–Kier alpha value is -2.43. The van der Waals surface area contributed by atoms with E-state index in [1.807, 2.05) is 23.1 Å². The van der Waals surface area contributed by atoms with E-state index in [1.165, 1.54) is 6.07 Å². The summed E-state index contributed by atoms with van der Waals surface area (Å²) >= 11 is 0. The van der Waals surface area contributed by atoms with Gasteiger partial charge in [-0.2, -0.15) is 0 Å². The van der Waals surface area contributed by atoms with Crippen molar-refractivity contribution in [2.45, 2.75) is 12.5 Å². The van der Waals surface area contributed by atoms with Gasteiger partial charge in [0, 0.05) is 30.9 Å². The van der Waals surface area contributed by atoms with Gasteiger partial charge in [0.15, 0.2) is 11.6 Å². The average molecular weight is 285 g/mol. The molecule has 0 bridgehead atoms. The number of carbonyl (C=O) groups excluding carboxylic acids is 1. The molecule has 1 N–H and O–H groups in total. The second kappa shape index (κ2) is 5.91. The predicted molar refractivity (Wildman–Crippen MR) is 78.7 cm³/mol. The third-order valence-electron chi connectivity index (χ3n) is 3.60. The highest BCUT2D eigenvalue weighted by Gasteiger charge is 2.26. The minimum atomic E-state index is -0.326. The maximum atomic E-state index is 13.7. The van der Waals surface area contributed by atoms with Crippen LogP contribution in [0.3, 0.4) is 0 Å². The van der Waals surface area contributed by atoms with E-state index in [-0.39, 0.29) is 17.8 Å². The first kappa shape index (κ1) is 13.5. The van der Waals surface area contributed by atoms with Crippen LogP contribution >= 0.6 is 0 Å². The molecule has 2 heterocycles. The first-order valence-electron chi connectivity index (χ1n) is 6.95. The Bertz CT molecular complexity index is 632. The zero-order valence-corrected chi connectivity index (χ0v) is 11.5. The Morgan fingerprint density at radius 1 is 1.24 bits per heavy atom. The molecule has 1 saturated heterocycles. The van der Waals surface area contributed by atoms with Gasteiger partial charge in [-0.05, 0) is 30.7 Å². The summed E-state index contributed by atoms with van der Waals surface area (Å²) in [6, 6.07) is 12.1. The van der Waals surface area contributed by atoms with Crippen molar-refractivity contribution >= 4 is 11.7 Å². The molecule has 1 atom stereocenters. The SMILES string of the molecule is O=C(NC1CCN(c2ncccc2F)C1)c1ccccc1. The fraction of sp³-hybridized carbons (Fsp3) is 0.250. The molecule has 0 radical (unpaired) electrons. The summed E-state index contributed by atoms with van der Waals surface area (Å²) < 4.78 is 13.7. The van der Waals surface area contributed by atoms with Crippen molar-refractivity contribution in [3.63, 3.8) is 0 Å². The molecule has 2 aromatic rings. The summed E-state index contributed by atoms with van der Waals surface area (Å²) in [5.41, 5.74) is 0.639. The van der Waals surface area contributed by atoms with Crippen LogP contribution < -0.4 is 10.2 Å². The van der Waals surface area contributed by atoms with E-state index in [0.717, 1.165) is 6.42 Å². The summed E-state index contributed by atoms with van der Waals surface area (Å²) in [6.45, 7) is 1.26. The maximum Gasteiger partial charge on any atom is 0.251 e. The standard InChI is InChI=1S/C16H16FN3O/c17-14-7-4-9-18-15(14)20-10-8-13(11-20)19-16(21)12-5-2-1-3-6-12/h1-7,9,13H,8,10-11H2,(H,19,21). The number of carbonyl (C=O) groups is 1. The fourth-order valence-corrected chi connectivity index (χ4v) is 2.54. The Balaban J connectivity index is 1.63. The Kier molecular flexibility index (Phi) is 3.81. The summed E-state index contributed by atoms with van der Waals surface area (Å²) in [5, 5.41) is 2.98. The molecule has 1 aromatic carbocycles. The number of aromatic nitrogens is 1. The zero-order chi connectivity index (χ0) is 14.7. The summed E-state index contributed by atoms with van der Waals surface area (Å²) in [6.07, 6.45) is 2.36. The van der Waals surface area contributed by atoms with Gasteiger partial charge in [0.25, 0.3) is 5.91 Å². The minimum absolute atomic E-state index is 0.0131. The lowest BCUT2D eigenvalue weighted by atomic mass is 10.2. The molecule has 4 nitrogen and oxygen atoms in total. The molecule has 1 amide bonds. The molecule has 1 aromatic heterocycles. The molecule has 3 rings (SSSR count). The van der Waals surface area contributed by atoms with Crippen molar-refractivity contribution in [3.05, 3.63) is 60.0 Å². The van der Waals surface area contributed by atoms with Crippen molar-refractivity contribution < 1.29 is 9.18 Å². The second-order valence-corrected chi connectivity index (χ2v) is 5.08. The van der Waals surface area contributed by atoms with Crippen LogP contribution in [-0.2, 0) is 0 Å². The number of pyridine rings is 1. The smallest absolute Gasteiger partial charge is 0.251 e. The number of hydrogen-bond donors (Lipinski definition) is 1. The van der Waals surface area contributed by atoms with Gasteiger partial charge in [0.2, 0.25) is 0 Å². The van der Waals surface area contributed by atoms with E-state index in [9.17, 15) is 9.18 Å². The molecular formula is C16H16FN3O. The first-order valence-corrected chi connectivity index (χ1v) is 6.95. The van der Waals surface area contributed by atoms with Gasteiger partial charge < -0.3 is 10.2 Å². The number of nitrogens with one attached hydrogen (secondary N) is 1. The molecule has 1 aliphatic heterocycles. The maximum absolute atomic E-state index is 13.7. The molecule has 1 fully saturated rings. The zero-order valence-electron chi connectivity index (χ0n) is 11.5. The summed E-state index contributed by atoms with van der Waals surface area (Å²) in [5.74, 6) is -0.0644. The van der Waals surface area contributed by atoms with Crippen LogP contribution in [0.1, 0.15) is 16.8 Å². The Morgan fingerprint density at radius 2 is 2.05 bits per heavy atom. The summed E-state index contributed by atoms with van der Waals surface area (Å²) in [4.78, 5) is 18.0. The fourth-order valence-electron chi connectivity index (χ4n) is 2.54. The van der Waals surface area contributed by atoms with Crippen LogP contribution in [0.5, 0.6) is 0 Å². The number of halogens is 1. The lowest BCUT2D eigenvalue weighted by Crippen LogP contribution is -2.37. The lowest BCUT2D eigenvalue weighted by molar-refractivity contribution is 0.0940. The van der Waals surface area contributed by atoms with Crippen LogP contribution in [0.4, 0.5) is 10.2 Å². The second-order valence-electron chi connectivity index (χ2n) is 5.08. The normalized spacial score (nSPS) is 17.8. The van der Waals surface area contributed by atoms with E-state index < -0.39 is 0 Å².